The number of hydrogen-bond acceptors (Lipinski definition) is 1. The Morgan fingerprint density at radius 3 is 2.67 bits per heavy atom. The van der Waals surface area contributed by atoms with Crippen molar-refractivity contribution in [2.75, 3.05) is 0 Å². The van der Waals surface area contributed by atoms with Crippen LogP contribution >= 0.6 is 0 Å². The van der Waals surface area contributed by atoms with E-state index in [2.05, 4.69) is 47.2 Å². The highest BCUT2D eigenvalue weighted by atomic mass is 14.7. The van der Waals surface area contributed by atoms with E-state index in [1.165, 1.54) is 10.9 Å². The molecule has 1 heterocycles. The molecule has 3 aromatic rings. The van der Waals surface area contributed by atoms with Gasteiger partial charge >= 0.3 is 0 Å². The Morgan fingerprint density at radius 2 is 1.83 bits per heavy atom. The highest BCUT2D eigenvalue weighted by Gasteiger charge is 1.98. The third-order valence-electron chi connectivity index (χ3n) is 3.01. The number of benzene rings is 2. The van der Waals surface area contributed by atoms with Crippen LogP contribution in [0.4, 0.5) is 5.69 Å². The van der Waals surface area contributed by atoms with Gasteiger partial charge in [0.15, 0.2) is 0 Å². The first-order chi connectivity index (χ1) is 8.83. The number of aromatic nitrogens is 1. The van der Waals surface area contributed by atoms with Crippen LogP contribution in [0.3, 0.4) is 0 Å². The molecule has 2 nitrogen and oxygen atoms in total. The van der Waals surface area contributed by atoms with Crippen LogP contribution < -0.4 is 0 Å². The van der Waals surface area contributed by atoms with E-state index in [9.17, 15) is 0 Å². The predicted molar refractivity (Wildman–Crippen MR) is 76.7 cm³/mol. The molecule has 0 bridgehead atoms. The fourth-order valence-corrected chi connectivity index (χ4v) is 1.99. The Kier molecular flexibility index (Phi) is 2.69. The average Bonchev–Trinajstić information content (AvgIpc) is 2.87. The lowest BCUT2D eigenvalue weighted by Crippen LogP contribution is -1.82. The fraction of sp³-hybridized carbons (Fsp3) is 0.0625. The summed E-state index contributed by atoms with van der Waals surface area (Å²) in [6, 6.07) is 16.5. The second-order valence-corrected chi connectivity index (χ2v) is 4.38. The summed E-state index contributed by atoms with van der Waals surface area (Å²) in [4.78, 5) is 7.74. The first-order valence-corrected chi connectivity index (χ1v) is 6.00. The number of aliphatic imine (C=N–C) groups is 1. The SMILES string of the molecule is Cc1ccc(/N=C/c2cccc3cc[nH]c23)cc1. The number of rotatable bonds is 2. The Balaban J connectivity index is 1.96. The van der Waals surface area contributed by atoms with E-state index in [4.69, 9.17) is 0 Å². The van der Waals surface area contributed by atoms with E-state index < -0.39 is 0 Å². The molecule has 0 aliphatic heterocycles. The van der Waals surface area contributed by atoms with Crippen molar-refractivity contribution in [2.24, 2.45) is 4.99 Å². The van der Waals surface area contributed by atoms with E-state index in [1.807, 2.05) is 30.6 Å². The molecule has 0 aliphatic rings. The van der Waals surface area contributed by atoms with E-state index in [0.717, 1.165) is 16.8 Å². The number of hydrogen-bond donors (Lipinski definition) is 1. The number of nitrogens with zero attached hydrogens (tertiary/aromatic N) is 1. The van der Waals surface area contributed by atoms with Crippen LogP contribution in [-0.4, -0.2) is 11.2 Å². The van der Waals surface area contributed by atoms with Gasteiger partial charge in [-0.05, 0) is 25.1 Å². The maximum Gasteiger partial charge on any atom is 0.0630 e. The Hall–Kier alpha value is -2.35. The normalized spacial score (nSPS) is 11.4. The zero-order valence-corrected chi connectivity index (χ0v) is 10.2. The highest BCUT2D eigenvalue weighted by molar-refractivity contribution is 5.98. The van der Waals surface area contributed by atoms with Crippen molar-refractivity contribution < 1.29 is 0 Å². The fourth-order valence-electron chi connectivity index (χ4n) is 1.99. The molecule has 0 amide bonds. The summed E-state index contributed by atoms with van der Waals surface area (Å²) in [5.74, 6) is 0. The molecular formula is C16H14N2. The van der Waals surface area contributed by atoms with E-state index >= 15 is 0 Å². The van der Waals surface area contributed by atoms with Gasteiger partial charge in [-0.2, -0.15) is 0 Å². The molecule has 0 saturated carbocycles. The van der Waals surface area contributed by atoms with Gasteiger partial charge in [-0.1, -0.05) is 35.9 Å². The molecule has 1 aromatic heterocycles. The molecule has 0 saturated heterocycles. The van der Waals surface area contributed by atoms with Crippen LogP contribution in [0.2, 0.25) is 0 Å². The summed E-state index contributed by atoms with van der Waals surface area (Å²) in [5, 5.41) is 1.21. The molecule has 3 rings (SSSR count). The maximum atomic E-state index is 4.50. The minimum Gasteiger partial charge on any atom is -0.361 e. The van der Waals surface area contributed by atoms with Gasteiger partial charge in [-0.15, -0.1) is 0 Å². The molecule has 0 spiro atoms. The van der Waals surface area contributed by atoms with Gasteiger partial charge in [0, 0.05) is 23.4 Å². The minimum absolute atomic E-state index is 0.976. The van der Waals surface area contributed by atoms with Crippen LogP contribution in [0.1, 0.15) is 11.1 Å². The molecule has 18 heavy (non-hydrogen) atoms. The molecular weight excluding hydrogens is 220 g/mol. The summed E-state index contributed by atoms with van der Waals surface area (Å²) in [6.45, 7) is 2.08. The van der Waals surface area contributed by atoms with Crippen molar-refractivity contribution >= 4 is 22.8 Å². The van der Waals surface area contributed by atoms with Gasteiger partial charge in [-0.25, -0.2) is 0 Å². The van der Waals surface area contributed by atoms with Crippen molar-refractivity contribution in [1.29, 1.82) is 0 Å². The molecule has 0 aliphatic carbocycles. The third-order valence-corrected chi connectivity index (χ3v) is 3.01. The molecule has 88 valence electrons. The topological polar surface area (TPSA) is 28.1 Å². The van der Waals surface area contributed by atoms with Crippen molar-refractivity contribution in [3.05, 3.63) is 65.9 Å². The lowest BCUT2D eigenvalue weighted by Gasteiger charge is -1.97. The van der Waals surface area contributed by atoms with Crippen molar-refractivity contribution in [1.82, 2.24) is 4.98 Å². The summed E-state index contributed by atoms with van der Waals surface area (Å²) < 4.78 is 0. The monoisotopic (exact) mass is 234 g/mol. The molecule has 0 fully saturated rings. The van der Waals surface area contributed by atoms with Gasteiger partial charge in [0.05, 0.1) is 11.2 Å². The maximum absolute atomic E-state index is 4.50. The Labute approximate surface area is 106 Å². The quantitative estimate of drug-likeness (QED) is 0.643. The first-order valence-electron chi connectivity index (χ1n) is 6.00. The molecule has 0 atom stereocenters. The molecule has 2 heteroatoms. The zero-order valence-electron chi connectivity index (χ0n) is 10.2. The molecule has 0 radical (unpaired) electrons. The average molecular weight is 234 g/mol. The van der Waals surface area contributed by atoms with E-state index in [0.29, 0.717) is 0 Å². The number of fused-ring (bicyclic) bond motifs is 1. The summed E-state index contributed by atoms with van der Waals surface area (Å²) in [6.07, 6.45) is 3.86. The highest BCUT2D eigenvalue weighted by Crippen LogP contribution is 2.17. The van der Waals surface area contributed by atoms with Crippen LogP contribution in [0.25, 0.3) is 10.9 Å². The summed E-state index contributed by atoms with van der Waals surface area (Å²) in [5.41, 5.74) is 4.47. The number of nitrogens with one attached hydrogen (secondary N) is 1. The molecule has 1 N–H and O–H groups in total. The number of aryl methyl sites for hydroxylation is 1. The second-order valence-electron chi connectivity index (χ2n) is 4.38. The van der Waals surface area contributed by atoms with E-state index in [1.54, 1.807) is 0 Å². The lowest BCUT2D eigenvalue weighted by atomic mass is 10.1. The zero-order chi connectivity index (χ0) is 12.4. The van der Waals surface area contributed by atoms with Crippen LogP contribution in [0.15, 0.2) is 59.7 Å². The van der Waals surface area contributed by atoms with Crippen molar-refractivity contribution in [3.8, 4) is 0 Å². The van der Waals surface area contributed by atoms with Gasteiger partial charge in [0.2, 0.25) is 0 Å². The lowest BCUT2D eigenvalue weighted by molar-refractivity contribution is 1.43. The number of para-hydroxylation sites is 1. The van der Waals surface area contributed by atoms with Gasteiger partial charge in [-0.3, -0.25) is 4.99 Å². The number of H-pyrrole nitrogens is 1. The Bertz CT molecular complexity index is 690. The molecule has 0 unspecified atom stereocenters. The van der Waals surface area contributed by atoms with Gasteiger partial charge < -0.3 is 4.98 Å². The first kappa shape index (κ1) is 10.8. The summed E-state index contributed by atoms with van der Waals surface area (Å²) in [7, 11) is 0. The Morgan fingerprint density at radius 1 is 1.00 bits per heavy atom. The third kappa shape index (κ3) is 2.05. The summed E-state index contributed by atoms with van der Waals surface area (Å²) >= 11 is 0. The van der Waals surface area contributed by atoms with E-state index in [-0.39, 0.29) is 0 Å². The van der Waals surface area contributed by atoms with Gasteiger partial charge in [0.25, 0.3) is 0 Å². The van der Waals surface area contributed by atoms with Crippen molar-refractivity contribution in [3.63, 3.8) is 0 Å². The largest absolute Gasteiger partial charge is 0.361 e. The van der Waals surface area contributed by atoms with Crippen LogP contribution in [0.5, 0.6) is 0 Å². The number of aromatic amines is 1. The smallest absolute Gasteiger partial charge is 0.0630 e. The predicted octanol–water partition coefficient (Wildman–Crippen LogP) is 4.23. The molecule has 2 aromatic carbocycles. The minimum atomic E-state index is 0.976. The standard InChI is InChI=1S/C16H14N2/c1-12-5-7-15(8-6-12)18-11-14-4-2-3-13-9-10-17-16(13)14/h2-11,17H,1H3/b18-11+. The van der Waals surface area contributed by atoms with Crippen molar-refractivity contribution in [2.45, 2.75) is 6.92 Å². The van der Waals surface area contributed by atoms with Gasteiger partial charge in [0.1, 0.15) is 0 Å². The van der Waals surface area contributed by atoms with Crippen LogP contribution in [-0.2, 0) is 0 Å². The second kappa shape index (κ2) is 4.49. The van der Waals surface area contributed by atoms with Crippen LogP contribution in [0, 0.1) is 6.92 Å².